The molecule has 0 radical (unpaired) electrons. The number of hydrogen-bond donors (Lipinski definition) is 2. The van der Waals surface area contributed by atoms with Crippen LogP contribution in [0.3, 0.4) is 0 Å². The molecule has 4 rings (SSSR count). The van der Waals surface area contributed by atoms with Crippen molar-refractivity contribution in [3.63, 3.8) is 0 Å². The van der Waals surface area contributed by atoms with Crippen LogP contribution in [-0.4, -0.2) is 29.3 Å². The molecule has 226 valence electrons. The van der Waals surface area contributed by atoms with Gasteiger partial charge >= 0.3 is 6.18 Å². The van der Waals surface area contributed by atoms with Gasteiger partial charge in [0.1, 0.15) is 6.54 Å². The molecule has 0 saturated carbocycles. The fraction of sp³-hybridized carbons (Fsp3) is 0.138. The lowest BCUT2D eigenvalue weighted by Gasteiger charge is -2.25. The van der Waals surface area contributed by atoms with Gasteiger partial charge in [-0.25, -0.2) is 16.8 Å². The normalized spacial score (nSPS) is 12.0. The Balaban J connectivity index is 1.58. The van der Waals surface area contributed by atoms with E-state index in [9.17, 15) is 34.8 Å². The van der Waals surface area contributed by atoms with Crippen molar-refractivity contribution in [2.24, 2.45) is 0 Å². The number of hydrogen-bond acceptors (Lipinski definition) is 5. The number of carbonyl (C=O) groups excluding carboxylic acids is 1. The molecular weight excluding hydrogens is 627 g/mol. The Bertz CT molecular complexity index is 1870. The number of benzene rings is 4. The zero-order valence-electron chi connectivity index (χ0n) is 22.7. The molecule has 0 aromatic heterocycles. The molecule has 1 amide bonds. The average molecular weight is 652 g/mol. The largest absolute Gasteiger partial charge is 0.417 e. The SMILES string of the molecule is Cc1ccc(NS(=O)(=O)c2ccc(NC(=O)CN(c3ccc(Cl)c(C(F)(F)F)c3)S(=O)(=O)c3ccccc3)cc2)cc1C. The van der Waals surface area contributed by atoms with Gasteiger partial charge in [0.15, 0.2) is 0 Å². The van der Waals surface area contributed by atoms with Crippen LogP contribution in [0.25, 0.3) is 0 Å². The second kappa shape index (κ2) is 12.3. The Kier molecular flexibility index (Phi) is 9.09. The van der Waals surface area contributed by atoms with Crippen LogP contribution in [0.1, 0.15) is 16.7 Å². The van der Waals surface area contributed by atoms with Crippen LogP contribution >= 0.6 is 11.6 Å². The molecular formula is C29H25ClF3N3O5S2. The first-order chi connectivity index (χ1) is 20.1. The Labute approximate surface area is 252 Å². The smallest absolute Gasteiger partial charge is 0.325 e. The van der Waals surface area contributed by atoms with E-state index in [0.717, 1.165) is 23.3 Å². The summed E-state index contributed by atoms with van der Waals surface area (Å²) in [5.41, 5.74) is 0.682. The number of halogens is 4. The van der Waals surface area contributed by atoms with Gasteiger partial charge in [-0.2, -0.15) is 13.2 Å². The van der Waals surface area contributed by atoms with E-state index >= 15 is 0 Å². The first-order valence-corrected chi connectivity index (χ1v) is 15.8. The second-order valence-corrected chi connectivity index (χ2v) is 13.4. The summed E-state index contributed by atoms with van der Waals surface area (Å²) in [7, 11) is -8.47. The van der Waals surface area contributed by atoms with Crippen LogP contribution < -0.4 is 14.3 Å². The fourth-order valence-corrected chi connectivity index (χ4v) is 6.70. The quantitative estimate of drug-likeness (QED) is 0.212. The van der Waals surface area contributed by atoms with Crippen molar-refractivity contribution in [2.45, 2.75) is 29.8 Å². The number of rotatable bonds is 9. The number of sulfonamides is 2. The molecule has 0 heterocycles. The second-order valence-electron chi connectivity index (χ2n) is 9.46. The standard InChI is InChI=1S/C29H25ClF3N3O5S2/c1-19-8-9-22(16-20(19)2)35-42(38,39)24-13-10-21(11-14-24)34-28(37)18-36(43(40,41)25-6-4-3-5-7-25)23-12-15-27(30)26(17-23)29(31,32)33/h3-17,35H,18H2,1-2H3,(H,34,37). The Morgan fingerprint density at radius 2 is 1.42 bits per heavy atom. The number of anilines is 3. The van der Waals surface area contributed by atoms with Gasteiger partial charge < -0.3 is 5.32 Å². The Morgan fingerprint density at radius 3 is 2.02 bits per heavy atom. The third kappa shape index (κ3) is 7.48. The van der Waals surface area contributed by atoms with E-state index in [1.54, 1.807) is 24.3 Å². The third-order valence-corrected chi connectivity index (χ3v) is 9.88. The molecule has 4 aromatic rings. The lowest BCUT2D eigenvalue weighted by molar-refractivity contribution is -0.137. The van der Waals surface area contributed by atoms with Crippen molar-refractivity contribution in [1.82, 2.24) is 0 Å². The van der Waals surface area contributed by atoms with Crippen LogP contribution in [0.4, 0.5) is 30.2 Å². The van der Waals surface area contributed by atoms with Gasteiger partial charge in [0.2, 0.25) is 5.91 Å². The van der Waals surface area contributed by atoms with E-state index in [1.807, 2.05) is 13.8 Å². The van der Waals surface area contributed by atoms with Gasteiger partial charge in [-0.15, -0.1) is 0 Å². The number of nitrogens with zero attached hydrogens (tertiary/aromatic N) is 1. The van der Waals surface area contributed by atoms with Gasteiger partial charge in [-0.05, 0) is 91.7 Å². The monoisotopic (exact) mass is 651 g/mol. The fourth-order valence-electron chi connectivity index (χ4n) is 3.99. The lowest BCUT2D eigenvalue weighted by Crippen LogP contribution is -2.38. The molecule has 14 heteroatoms. The summed E-state index contributed by atoms with van der Waals surface area (Å²) < 4.78 is 96.3. The zero-order chi connectivity index (χ0) is 31.6. The molecule has 2 N–H and O–H groups in total. The van der Waals surface area contributed by atoms with Crippen LogP contribution in [0, 0.1) is 13.8 Å². The van der Waals surface area contributed by atoms with E-state index in [2.05, 4.69) is 10.0 Å². The van der Waals surface area contributed by atoms with E-state index in [4.69, 9.17) is 11.6 Å². The van der Waals surface area contributed by atoms with Crippen LogP contribution in [0.2, 0.25) is 5.02 Å². The summed E-state index contributed by atoms with van der Waals surface area (Å²) in [5.74, 6) is -0.896. The van der Waals surface area contributed by atoms with E-state index in [1.165, 1.54) is 48.5 Å². The van der Waals surface area contributed by atoms with Gasteiger partial charge in [-0.1, -0.05) is 35.9 Å². The maximum Gasteiger partial charge on any atom is 0.417 e. The minimum absolute atomic E-state index is 0.0992. The van der Waals surface area contributed by atoms with Gasteiger partial charge in [-0.3, -0.25) is 13.8 Å². The molecule has 0 aliphatic rings. The number of nitrogens with one attached hydrogen (secondary N) is 2. The van der Waals surface area contributed by atoms with Crippen molar-refractivity contribution >= 4 is 54.6 Å². The lowest BCUT2D eigenvalue weighted by atomic mass is 10.1. The van der Waals surface area contributed by atoms with Crippen molar-refractivity contribution in [3.8, 4) is 0 Å². The van der Waals surface area contributed by atoms with Crippen LogP contribution in [0.5, 0.6) is 0 Å². The van der Waals surface area contributed by atoms with Gasteiger partial charge in [0.05, 0.1) is 26.1 Å². The maximum atomic E-state index is 13.6. The maximum absolute atomic E-state index is 13.6. The molecule has 0 aliphatic carbocycles. The molecule has 8 nitrogen and oxygen atoms in total. The van der Waals surface area contributed by atoms with Crippen LogP contribution in [0.15, 0.2) is 101 Å². The summed E-state index contributed by atoms with van der Waals surface area (Å²) in [5, 5.41) is 1.82. The third-order valence-electron chi connectivity index (χ3n) is 6.37. The summed E-state index contributed by atoms with van der Waals surface area (Å²) in [6.45, 7) is 2.84. The van der Waals surface area contributed by atoms with Crippen molar-refractivity contribution < 1.29 is 34.8 Å². The highest BCUT2D eigenvalue weighted by atomic mass is 35.5. The summed E-state index contributed by atoms with van der Waals surface area (Å²) in [6, 6.07) is 19.6. The van der Waals surface area contributed by atoms with E-state index in [-0.39, 0.29) is 15.5 Å². The number of aryl methyl sites for hydroxylation is 2. The van der Waals surface area contributed by atoms with Crippen molar-refractivity contribution in [2.75, 3.05) is 20.9 Å². The molecule has 0 aliphatic heterocycles. The van der Waals surface area contributed by atoms with E-state index < -0.39 is 54.9 Å². The van der Waals surface area contributed by atoms with Gasteiger partial charge in [0.25, 0.3) is 20.0 Å². The van der Waals surface area contributed by atoms with Crippen molar-refractivity contribution in [1.29, 1.82) is 0 Å². The predicted octanol–water partition coefficient (Wildman–Crippen LogP) is 6.61. The first-order valence-electron chi connectivity index (χ1n) is 12.5. The molecule has 0 unspecified atom stereocenters. The Hall–Kier alpha value is -4.07. The topological polar surface area (TPSA) is 113 Å². The zero-order valence-corrected chi connectivity index (χ0v) is 25.1. The highest BCUT2D eigenvalue weighted by Crippen LogP contribution is 2.38. The molecule has 0 spiro atoms. The summed E-state index contributed by atoms with van der Waals surface area (Å²) in [4.78, 5) is 12.7. The first kappa shape index (κ1) is 31.9. The minimum atomic E-state index is -4.88. The molecule has 0 saturated heterocycles. The number of carbonyl (C=O) groups is 1. The van der Waals surface area contributed by atoms with Crippen LogP contribution in [-0.2, 0) is 31.0 Å². The summed E-state index contributed by atoms with van der Waals surface area (Å²) in [6.07, 6.45) is -4.88. The van der Waals surface area contributed by atoms with Crippen molar-refractivity contribution in [3.05, 3.63) is 113 Å². The highest BCUT2D eigenvalue weighted by Gasteiger charge is 2.35. The molecule has 0 bridgehead atoms. The molecule has 43 heavy (non-hydrogen) atoms. The predicted molar refractivity (Wildman–Crippen MR) is 159 cm³/mol. The Morgan fingerprint density at radius 1 is 0.791 bits per heavy atom. The number of amides is 1. The molecule has 0 atom stereocenters. The van der Waals surface area contributed by atoms with Gasteiger partial charge in [0, 0.05) is 11.4 Å². The van der Waals surface area contributed by atoms with E-state index in [0.29, 0.717) is 16.1 Å². The number of alkyl halides is 3. The molecule has 0 fully saturated rings. The summed E-state index contributed by atoms with van der Waals surface area (Å²) >= 11 is 5.72. The highest BCUT2D eigenvalue weighted by molar-refractivity contribution is 7.93. The average Bonchev–Trinajstić information content (AvgIpc) is 2.94. The molecule has 4 aromatic carbocycles. The minimum Gasteiger partial charge on any atom is -0.325 e.